The summed E-state index contributed by atoms with van der Waals surface area (Å²) < 4.78 is 12.7. The quantitative estimate of drug-likeness (QED) is 0.922. The van der Waals surface area contributed by atoms with Crippen LogP contribution in [0.3, 0.4) is 0 Å². The van der Waals surface area contributed by atoms with E-state index >= 15 is 0 Å². The van der Waals surface area contributed by atoms with Crippen molar-refractivity contribution in [1.29, 1.82) is 0 Å². The van der Waals surface area contributed by atoms with Crippen LogP contribution in [0.1, 0.15) is 25.3 Å². The average molecular weight is 301 g/mol. The molecular weight excluding hydrogens is 278 g/mol. The monoisotopic (exact) mass is 301 g/mol. The van der Waals surface area contributed by atoms with E-state index in [1.807, 2.05) is 23.0 Å². The summed E-state index contributed by atoms with van der Waals surface area (Å²) in [6, 6.07) is 8.55. The second-order valence-electron chi connectivity index (χ2n) is 5.82. The van der Waals surface area contributed by atoms with E-state index in [4.69, 9.17) is 9.47 Å². The molecule has 1 aliphatic rings. The minimum atomic E-state index is 0.334. The van der Waals surface area contributed by atoms with Crippen LogP contribution in [0, 0.1) is 0 Å². The normalized spacial score (nSPS) is 21.5. The second-order valence-corrected chi connectivity index (χ2v) is 5.82. The summed E-state index contributed by atoms with van der Waals surface area (Å²) in [5, 5.41) is 7.98. The van der Waals surface area contributed by atoms with Crippen LogP contribution < -0.4 is 10.1 Å². The van der Waals surface area contributed by atoms with E-state index in [0.29, 0.717) is 12.1 Å². The number of nitrogens with one attached hydrogen (secondary N) is 1. The first-order valence-electron chi connectivity index (χ1n) is 7.76. The van der Waals surface area contributed by atoms with Gasteiger partial charge in [-0.3, -0.25) is 4.68 Å². The highest BCUT2D eigenvalue weighted by atomic mass is 16.5. The van der Waals surface area contributed by atoms with E-state index in [2.05, 4.69) is 35.7 Å². The van der Waals surface area contributed by atoms with E-state index in [1.165, 1.54) is 5.56 Å². The molecule has 22 heavy (non-hydrogen) atoms. The number of methoxy groups -OCH3 is 1. The highest BCUT2D eigenvalue weighted by Gasteiger charge is 2.19. The van der Waals surface area contributed by atoms with Crippen LogP contribution in [0.15, 0.2) is 36.7 Å². The van der Waals surface area contributed by atoms with Gasteiger partial charge in [0.15, 0.2) is 0 Å². The number of anilines is 1. The van der Waals surface area contributed by atoms with Crippen molar-refractivity contribution in [3.05, 3.63) is 42.2 Å². The fourth-order valence-electron chi connectivity index (χ4n) is 2.81. The number of nitrogens with zero attached hydrogens (tertiary/aromatic N) is 2. The number of aromatic nitrogens is 2. The molecule has 118 valence electrons. The maximum Gasteiger partial charge on any atom is 0.118 e. The van der Waals surface area contributed by atoms with E-state index in [0.717, 1.165) is 37.4 Å². The molecular formula is C17H23N3O2. The fourth-order valence-corrected chi connectivity index (χ4v) is 2.81. The fraction of sp³-hybridized carbons (Fsp3) is 0.471. The van der Waals surface area contributed by atoms with E-state index < -0.39 is 0 Å². The second kappa shape index (κ2) is 6.83. The lowest BCUT2D eigenvalue weighted by Gasteiger charge is -2.28. The smallest absolute Gasteiger partial charge is 0.118 e. The third kappa shape index (κ3) is 3.80. The number of benzene rings is 1. The molecule has 1 saturated heterocycles. The minimum Gasteiger partial charge on any atom is -0.497 e. The summed E-state index contributed by atoms with van der Waals surface area (Å²) in [5.41, 5.74) is 2.28. The van der Waals surface area contributed by atoms with Gasteiger partial charge in [-0.15, -0.1) is 0 Å². The molecule has 0 bridgehead atoms. The molecule has 0 aliphatic carbocycles. The van der Waals surface area contributed by atoms with Crippen LogP contribution in [0.2, 0.25) is 0 Å². The summed E-state index contributed by atoms with van der Waals surface area (Å²) in [4.78, 5) is 0. The molecule has 0 amide bonds. The molecule has 0 spiro atoms. The Morgan fingerprint density at radius 2 is 2.18 bits per heavy atom. The van der Waals surface area contributed by atoms with Crippen LogP contribution in [0.25, 0.3) is 0 Å². The van der Waals surface area contributed by atoms with Crippen molar-refractivity contribution in [3.63, 3.8) is 0 Å². The Kier molecular flexibility index (Phi) is 4.63. The summed E-state index contributed by atoms with van der Waals surface area (Å²) in [6.07, 6.45) is 6.38. The summed E-state index contributed by atoms with van der Waals surface area (Å²) in [7, 11) is 1.68. The van der Waals surface area contributed by atoms with Gasteiger partial charge in [0.1, 0.15) is 5.75 Å². The molecule has 1 fully saturated rings. The van der Waals surface area contributed by atoms with Crippen LogP contribution in [0.4, 0.5) is 5.69 Å². The number of rotatable bonds is 5. The Hall–Kier alpha value is -2.01. The predicted molar refractivity (Wildman–Crippen MR) is 86.4 cm³/mol. The van der Waals surface area contributed by atoms with Crippen LogP contribution >= 0.6 is 0 Å². The molecule has 5 heteroatoms. The van der Waals surface area contributed by atoms with E-state index in [1.54, 1.807) is 7.11 Å². The van der Waals surface area contributed by atoms with Gasteiger partial charge in [-0.25, -0.2) is 0 Å². The van der Waals surface area contributed by atoms with Crippen molar-refractivity contribution in [3.8, 4) is 5.75 Å². The first kappa shape index (κ1) is 14.9. The summed E-state index contributed by atoms with van der Waals surface area (Å²) >= 11 is 0. The first-order valence-corrected chi connectivity index (χ1v) is 7.76. The molecule has 2 atom stereocenters. The number of hydrogen-bond acceptors (Lipinski definition) is 4. The Morgan fingerprint density at radius 3 is 2.91 bits per heavy atom. The maximum atomic E-state index is 5.58. The van der Waals surface area contributed by atoms with Gasteiger partial charge in [0.25, 0.3) is 0 Å². The number of hydrogen-bond donors (Lipinski definition) is 1. The molecule has 1 aromatic carbocycles. The van der Waals surface area contributed by atoms with Gasteiger partial charge in [-0.2, -0.15) is 5.10 Å². The predicted octanol–water partition coefficient (Wildman–Crippen LogP) is 2.92. The highest BCUT2D eigenvalue weighted by molar-refractivity contribution is 5.39. The molecule has 0 radical (unpaired) electrons. The van der Waals surface area contributed by atoms with E-state index in [9.17, 15) is 0 Å². The summed E-state index contributed by atoms with van der Waals surface area (Å²) in [6.45, 7) is 3.72. The highest BCUT2D eigenvalue weighted by Crippen LogP contribution is 2.19. The van der Waals surface area contributed by atoms with Crippen molar-refractivity contribution in [1.82, 2.24) is 9.78 Å². The van der Waals surface area contributed by atoms with Gasteiger partial charge in [-0.1, -0.05) is 12.1 Å². The zero-order chi connectivity index (χ0) is 15.4. The lowest BCUT2D eigenvalue weighted by Crippen LogP contribution is -2.32. The summed E-state index contributed by atoms with van der Waals surface area (Å²) in [5.74, 6) is 0.875. The van der Waals surface area contributed by atoms with Gasteiger partial charge in [0.05, 0.1) is 31.6 Å². The van der Waals surface area contributed by atoms with Gasteiger partial charge in [-0.05, 0) is 37.5 Å². The maximum absolute atomic E-state index is 5.58. The Bertz CT molecular complexity index is 594. The van der Waals surface area contributed by atoms with Crippen molar-refractivity contribution in [2.75, 3.05) is 19.0 Å². The molecule has 5 nitrogen and oxygen atoms in total. The molecule has 2 aromatic rings. The Labute approximate surface area is 131 Å². The molecule has 1 aromatic heterocycles. The molecule has 1 aliphatic heterocycles. The zero-order valence-electron chi connectivity index (χ0n) is 13.2. The van der Waals surface area contributed by atoms with Gasteiger partial charge in [0, 0.05) is 18.8 Å². The van der Waals surface area contributed by atoms with Crippen molar-refractivity contribution < 1.29 is 9.47 Å². The lowest BCUT2D eigenvalue weighted by atomic mass is 10.0. The number of ether oxygens (including phenoxy) is 2. The van der Waals surface area contributed by atoms with Crippen molar-refractivity contribution in [2.24, 2.45) is 0 Å². The van der Waals surface area contributed by atoms with Crippen LogP contribution in [-0.4, -0.2) is 35.6 Å². The zero-order valence-corrected chi connectivity index (χ0v) is 13.2. The molecule has 1 N–H and O–H groups in total. The van der Waals surface area contributed by atoms with Crippen molar-refractivity contribution >= 4 is 5.69 Å². The van der Waals surface area contributed by atoms with Gasteiger partial charge < -0.3 is 14.8 Å². The van der Waals surface area contributed by atoms with E-state index in [-0.39, 0.29) is 0 Å². The standard InChI is InChI=1S/C17H23N3O2/c1-13-9-15(7-8-22-13)19-16-10-18-20(12-16)11-14-3-5-17(21-2)6-4-14/h3-6,10,12-13,15,19H,7-9,11H2,1-2H3. The Balaban J connectivity index is 1.58. The molecule has 3 rings (SSSR count). The molecule has 0 saturated carbocycles. The first-order chi connectivity index (χ1) is 10.7. The SMILES string of the molecule is COc1ccc(Cn2cc(NC3CCOC(C)C3)cn2)cc1. The van der Waals surface area contributed by atoms with Crippen molar-refractivity contribution in [2.45, 2.75) is 38.5 Å². The third-order valence-corrected chi connectivity index (χ3v) is 3.99. The lowest BCUT2D eigenvalue weighted by molar-refractivity contribution is 0.0232. The van der Waals surface area contributed by atoms with Gasteiger partial charge in [0.2, 0.25) is 0 Å². The van der Waals surface area contributed by atoms with Gasteiger partial charge >= 0.3 is 0 Å². The minimum absolute atomic E-state index is 0.334. The largest absolute Gasteiger partial charge is 0.497 e. The molecule has 2 unspecified atom stereocenters. The Morgan fingerprint density at radius 1 is 1.36 bits per heavy atom. The van der Waals surface area contributed by atoms with Crippen LogP contribution in [0.5, 0.6) is 5.75 Å². The topological polar surface area (TPSA) is 48.3 Å². The molecule has 2 heterocycles. The van der Waals surface area contributed by atoms with Crippen LogP contribution in [-0.2, 0) is 11.3 Å². The third-order valence-electron chi connectivity index (χ3n) is 3.99. The average Bonchev–Trinajstić information content (AvgIpc) is 2.95.